The number of carboxylic acid groups (broad SMARTS) is 1. The van der Waals surface area contributed by atoms with Crippen molar-refractivity contribution in [1.29, 1.82) is 0 Å². The molecule has 0 heterocycles. The Balaban J connectivity index is 2.64. The lowest BCUT2D eigenvalue weighted by Gasteiger charge is -2.19. The molecule has 20 heavy (non-hydrogen) atoms. The maximum atomic E-state index is 11.8. The number of carbonyl (C=O) groups is 3. The molecule has 1 aromatic carbocycles. The van der Waals surface area contributed by atoms with Crippen LogP contribution in [0, 0.1) is 0 Å². The molecule has 0 amide bonds. The van der Waals surface area contributed by atoms with E-state index in [4.69, 9.17) is 5.11 Å². The van der Waals surface area contributed by atoms with Crippen LogP contribution in [0.1, 0.15) is 25.3 Å². The van der Waals surface area contributed by atoms with Crippen LogP contribution in [0.3, 0.4) is 0 Å². The molecule has 2 N–H and O–H groups in total. The summed E-state index contributed by atoms with van der Waals surface area (Å²) in [6.45, 7) is 1.48. The van der Waals surface area contributed by atoms with Gasteiger partial charge in [-0.25, -0.2) is 0 Å². The Kier molecular flexibility index (Phi) is 6.59. The Bertz CT molecular complexity index is 458. The molecule has 0 aliphatic carbocycles. The zero-order valence-electron chi connectivity index (χ0n) is 11.4. The van der Waals surface area contributed by atoms with E-state index in [1.54, 1.807) is 0 Å². The van der Waals surface area contributed by atoms with E-state index in [-0.39, 0.29) is 12.2 Å². The molecule has 2 atom stereocenters. The van der Waals surface area contributed by atoms with Crippen molar-refractivity contribution in [2.75, 3.05) is 0 Å². The molecule has 0 unspecified atom stereocenters. The fraction of sp³-hybridized carbons (Fsp3) is 0.400. The standard InChI is InChI=1S/C15H19NO4/c1-11(15(19)20)16-13(14(18)9-10-17)8-7-12-5-3-2-4-6-12/h2-6,10-11,13,16H,7-9H2,1H3,(H,19,20)/t11-,13-/m0/s1. The molecule has 5 nitrogen and oxygen atoms in total. The highest BCUT2D eigenvalue weighted by atomic mass is 16.4. The smallest absolute Gasteiger partial charge is 0.320 e. The molecule has 0 saturated heterocycles. The molecule has 0 aliphatic heterocycles. The van der Waals surface area contributed by atoms with Crippen molar-refractivity contribution in [3.05, 3.63) is 35.9 Å². The second kappa shape index (κ2) is 8.22. The van der Waals surface area contributed by atoms with E-state index in [2.05, 4.69) is 5.32 Å². The van der Waals surface area contributed by atoms with Crippen LogP contribution in [0.2, 0.25) is 0 Å². The molecule has 0 fully saturated rings. The van der Waals surface area contributed by atoms with Gasteiger partial charge in [-0.15, -0.1) is 0 Å². The predicted octanol–water partition coefficient (Wildman–Crippen LogP) is 1.21. The Morgan fingerprint density at radius 2 is 1.95 bits per heavy atom. The zero-order valence-corrected chi connectivity index (χ0v) is 11.4. The lowest BCUT2D eigenvalue weighted by Crippen LogP contribution is -2.46. The fourth-order valence-electron chi connectivity index (χ4n) is 1.89. The number of aliphatic carboxylic acids is 1. The first kappa shape index (κ1) is 16.0. The number of carbonyl (C=O) groups excluding carboxylic acids is 2. The number of nitrogens with one attached hydrogen (secondary N) is 1. The van der Waals surface area contributed by atoms with Gasteiger partial charge in [-0.05, 0) is 25.3 Å². The van der Waals surface area contributed by atoms with E-state index in [1.807, 2.05) is 30.3 Å². The van der Waals surface area contributed by atoms with E-state index >= 15 is 0 Å². The first-order valence-corrected chi connectivity index (χ1v) is 6.53. The van der Waals surface area contributed by atoms with E-state index in [1.165, 1.54) is 6.92 Å². The highest BCUT2D eigenvalue weighted by Gasteiger charge is 2.22. The maximum Gasteiger partial charge on any atom is 0.320 e. The molecule has 0 aromatic heterocycles. The molecular formula is C15H19NO4. The minimum Gasteiger partial charge on any atom is -0.480 e. The summed E-state index contributed by atoms with van der Waals surface area (Å²) in [6, 6.07) is 8.17. The number of hydrogen-bond acceptors (Lipinski definition) is 4. The van der Waals surface area contributed by atoms with Crippen molar-refractivity contribution < 1.29 is 19.5 Å². The highest BCUT2D eigenvalue weighted by molar-refractivity contribution is 5.93. The van der Waals surface area contributed by atoms with Crippen LogP contribution in [0.25, 0.3) is 0 Å². The summed E-state index contributed by atoms with van der Waals surface area (Å²) in [4.78, 5) is 33.1. The van der Waals surface area contributed by atoms with Crippen LogP contribution >= 0.6 is 0 Å². The lowest BCUT2D eigenvalue weighted by atomic mass is 10.00. The molecular weight excluding hydrogens is 258 g/mol. The second-order valence-electron chi connectivity index (χ2n) is 4.64. The van der Waals surface area contributed by atoms with Gasteiger partial charge >= 0.3 is 5.97 Å². The lowest BCUT2D eigenvalue weighted by molar-refractivity contribution is -0.139. The second-order valence-corrected chi connectivity index (χ2v) is 4.64. The highest BCUT2D eigenvalue weighted by Crippen LogP contribution is 2.07. The molecule has 0 spiro atoms. The largest absolute Gasteiger partial charge is 0.480 e. The molecule has 0 saturated carbocycles. The molecule has 1 aromatic rings. The van der Waals surface area contributed by atoms with E-state index in [0.29, 0.717) is 19.1 Å². The average molecular weight is 277 g/mol. The summed E-state index contributed by atoms with van der Waals surface area (Å²) in [7, 11) is 0. The normalized spacial score (nSPS) is 13.4. The summed E-state index contributed by atoms with van der Waals surface area (Å²) in [6.07, 6.45) is 1.47. The van der Waals surface area contributed by atoms with Crippen molar-refractivity contribution in [2.24, 2.45) is 0 Å². The van der Waals surface area contributed by atoms with Gasteiger partial charge in [0.15, 0.2) is 5.78 Å². The van der Waals surface area contributed by atoms with Gasteiger partial charge in [0.25, 0.3) is 0 Å². The number of aldehydes is 1. The van der Waals surface area contributed by atoms with Gasteiger partial charge < -0.3 is 9.90 Å². The Morgan fingerprint density at radius 3 is 2.50 bits per heavy atom. The maximum absolute atomic E-state index is 11.8. The number of rotatable bonds is 9. The third-order valence-corrected chi connectivity index (χ3v) is 3.06. The SMILES string of the molecule is C[C@H](N[C@@H](CCc1ccccc1)C(=O)CC=O)C(=O)O. The van der Waals surface area contributed by atoms with E-state index in [9.17, 15) is 14.4 Å². The number of aryl methyl sites for hydroxylation is 1. The Morgan fingerprint density at radius 1 is 1.30 bits per heavy atom. The number of ketones is 1. The summed E-state index contributed by atoms with van der Waals surface area (Å²) in [5.41, 5.74) is 1.07. The summed E-state index contributed by atoms with van der Waals surface area (Å²) < 4.78 is 0. The van der Waals surface area contributed by atoms with Crippen LogP contribution in [0.4, 0.5) is 0 Å². The molecule has 0 aliphatic rings. The average Bonchev–Trinajstić information content (AvgIpc) is 2.44. The van der Waals surface area contributed by atoms with Gasteiger partial charge in [0.05, 0.1) is 12.5 Å². The van der Waals surface area contributed by atoms with Crippen molar-refractivity contribution in [3.8, 4) is 0 Å². The third-order valence-electron chi connectivity index (χ3n) is 3.06. The van der Waals surface area contributed by atoms with Gasteiger partial charge in [-0.2, -0.15) is 0 Å². The minimum absolute atomic E-state index is 0.196. The van der Waals surface area contributed by atoms with Gasteiger partial charge in [-0.1, -0.05) is 30.3 Å². The molecule has 0 radical (unpaired) electrons. The fourth-order valence-corrected chi connectivity index (χ4v) is 1.89. The zero-order chi connectivity index (χ0) is 15.0. The van der Waals surface area contributed by atoms with Crippen molar-refractivity contribution in [1.82, 2.24) is 5.32 Å². The number of Topliss-reactive ketones (excluding diaryl/α,β-unsaturated/α-hetero) is 1. The number of benzene rings is 1. The molecule has 0 bridgehead atoms. The molecule has 1 rings (SSSR count). The third kappa shape index (κ3) is 5.32. The van der Waals surface area contributed by atoms with Crippen LogP contribution in [0.15, 0.2) is 30.3 Å². The van der Waals surface area contributed by atoms with Crippen molar-refractivity contribution >= 4 is 18.0 Å². The van der Waals surface area contributed by atoms with E-state index < -0.39 is 18.1 Å². The molecule has 5 heteroatoms. The van der Waals surface area contributed by atoms with Crippen LogP contribution in [0.5, 0.6) is 0 Å². The van der Waals surface area contributed by atoms with Crippen LogP contribution < -0.4 is 5.32 Å². The topological polar surface area (TPSA) is 83.5 Å². The van der Waals surface area contributed by atoms with Crippen molar-refractivity contribution in [2.45, 2.75) is 38.3 Å². The first-order valence-electron chi connectivity index (χ1n) is 6.53. The van der Waals surface area contributed by atoms with Gasteiger partial charge in [0.2, 0.25) is 0 Å². The van der Waals surface area contributed by atoms with E-state index in [0.717, 1.165) is 5.56 Å². The van der Waals surface area contributed by atoms with Gasteiger partial charge in [0, 0.05) is 0 Å². The molecule has 108 valence electrons. The van der Waals surface area contributed by atoms with Gasteiger partial charge in [0.1, 0.15) is 12.3 Å². The number of carboxylic acids is 1. The summed E-state index contributed by atoms with van der Waals surface area (Å²) in [5.74, 6) is -1.29. The monoisotopic (exact) mass is 277 g/mol. The van der Waals surface area contributed by atoms with Crippen LogP contribution in [-0.4, -0.2) is 35.2 Å². The Labute approximate surface area is 118 Å². The predicted molar refractivity (Wildman–Crippen MR) is 74.5 cm³/mol. The van der Waals surface area contributed by atoms with Crippen molar-refractivity contribution in [3.63, 3.8) is 0 Å². The summed E-state index contributed by atoms with van der Waals surface area (Å²) >= 11 is 0. The first-order chi connectivity index (χ1) is 9.54. The van der Waals surface area contributed by atoms with Crippen LogP contribution in [-0.2, 0) is 20.8 Å². The quantitative estimate of drug-likeness (QED) is 0.523. The summed E-state index contributed by atoms with van der Waals surface area (Å²) in [5, 5.41) is 11.6. The van der Waals surface area contributed by atoms with Gasteiger partial charge in [-0.3, -0.25) is 14.9 Å². The number of hydrogen-bond donors (Lipinski definition) is 2. The minimum atomic E-state index is -1.02. The Hall–Kier alpha value is -2.01.